The molecule has 1 aliphatic carbocycles. The number of hydrogen-bond donors (Lipinski definition) is 2. The predicted molar refractivity (Wildman–Crippen MR) is 96.8 cm³/mol. The summed E-state index contributed by atoms with van der Waals surface area (Å²) in [6.07, 6.45) is 8.21. The second kappa shape index (κ2) is 7.68. The molecule has 0 unspecified atom stereocenters. The van der Waals surface area contributed by atoms with E-state index in [2.05, 4.69) is 15.6 Å². The van der Waals surface area contributed by atoms with E-state index >= 15 is 0 Å². The van der Waals surface area contributed by atoms with E-state index in [1.54, 1.807) is 18.5 Å². The first kappa shape index (κ1) is 19.0. The average Bonchev–Trinajstić information content (AvgIpc) is 3.36. The Bertz CT molecular complexity index is 633. The van der Waals surface area contributed by atoms with Gasteiger partial charge in [-0.2, -0.15) is 0 Å². The first-order valence-electron chi connectivity index (χ1n) is 8.55. The number of carbonyl (C=O) groups is 2. The summed E-state index contributed by atoms with van der Waals surface area (Å²) in [5.74, 6) is 0.179. The van der Waals surface area contributed by atoms with Gasteiger partial charge in [0.25, 0.3) is 0 Å². The van der Waals surface area contributed by atoms with Crippen LogP contribution in [0.1, 0.15) is 46.1 Å². The van der Waals surface area contributed by atoms with Crippen molar-refractivity contribution in [3.8, 4) is 0 Å². The molecule has 1 aromatic rings. The second-order valence-corrected chi connectivity index (χ2v) is 7.65. The third-order valence-electron chi connectivity index (χ3n) is 4.02. The Kier molecular flexibility index (Phi) is 5.82. The minimum absolute atomic E-state index is 0.183. The number of nitrogens with zero attached hydrogens (tertiary/aromatic N) is 1. The molecule has 0 aliphatic heterocycles. The van der Waals surface area contributed by atoms with Gasteiger partial charge in [0.15, 0.2) is 0 Å². The number of carbonyl (C=O) groups excluding carboxylic acids is 2. The number of pyridine rings is 1. The van der Waals surface area contributed by atoms with Crippen LogP contribution in [0.4, 0.5) is 4.79 Å². The van der Waals surface area contributed by atoms with Gasteiger partial charge in [-0.1, -0.05) is 0 Å². The zero-order valence-electron chi connectivity index (χ0n) is 15.3. The van der Waals surface area contributed by atoms with E-state index in [0.717, 1.165) is 18.4 Å². The van der Waals surface area contributed by atoms with Gasteiger partial charge in [-0.05, 0) is 70.2 Å². The van der Waals surface area contributed by atoms with Gasteiger partial charge in [-0.3, -0.25) is 9.78 Å². The Labute approximate surface area is 149 Å². The zero-order valence-corrected chi connectivity index (χ0v) is 15.3. The molecule has 6 nitrogen and oxygen atoms in total. The molecule has 0 spiro atoms. The van der Waals surface area contributed by atoms with Crippen molar-refractivity contribution in [2.75, 3.05) is 6.54 Å². The van der Waals surface area contributed by atoms with E-state index in [-0.39, 0.29) is 5.91 Å². The molecule has 6 heteroatoms. The maximum absolute atomic E-state index is 12.3. The molecular weight excluding hydrogens is 318 g/mol. The SMILES string of the molecule is CC(C)(C)OC(=O)NC[C@@](C)(NC(=O)/C=C/c1ccncc1)C1CC1. The first-order chi connectivity index (χ1) is 11.7. The van der Waals surface area contributed by atoms with Crippen molar-refractivity contribution >= 4 is 18.1 Å². The molecule has 2 amide bonds. The largest absolute Gasteiger partial charge is 0.444 e. The van der Waals surface area contributed by atoms with Crippen molar-refractivity contribution in [3.63, 3.8) is 0 Å². The fourth-order valence-corrected chi connectivity index (χ4v) is 2.55. The molecule has 0 saturated heterocycles. The molecule has 0 radical (unpaired) electrons. The fraction of sp³-hybridized carbons (Fsp3) is 0.526. The van der Waals surface area contributed by atoms with Crippen LogP contribution in [0.15, 0.2) is 30.6 Å². The number of ether oxygens (including phenoxy) is 1. The average molecular weight is 345 g/mol. The summed E-state index contributed by atoms with van der Waals surface area (Å²) in [7, 11) is 0. The highest BCUT2D eigenvalue weighted by Crippen LogP contribution is 2.39. The van der Waals surface area contributed by atoms with Crippen LogP contribution in [-0.4, -0.2) is 34.7 Å². The van der Waals surface area contributed by atoms with Crippen molar-refractivity contribution in [1.82, 2.24) is 15.6 Å². The summed E-state index contributed by atoms with van der Waals surface area (Å²) >= 11 is 0. The quantitative estimate of drug-likeness (QED) is 0.777. The van der Waals surface area contributed by atoms with E-state index in [0.29, 0.717) is 12.5 Å². The van der Waals surface area contributed by atoms with Crippen LogP contribution >= 0.6 is 0 Å². The third kappa shape index (κ3) is 6.57. The van der Waals surface area contributed by atoms with Gasteiger partial charge in [0.1, 0.15) is 5.60 Å². The Morgan fingerprint density at radius 1 is 1.24 bits per heavy atom. The van der Waals surface area contributed by atoms with Crippen LogP contribution in [0.5, 0.6) is 0 Å². The second-order valence-electron chi connectivity index (χ2n) is 7.65. The molecule has 1 atom stereocenters. The molecule has 1 aliphatic rings. The van der Waals surface area contributed by atoms with Crippen LogP contribution in [0, 0.1) is 5.92 Å². The summed E-state index contributed by atoms with van der Waals surface area (Å²) in [5, 5.41) is 5.80. The number of nitrogens with one attached hydrogen (secondary N) is 2. The summed E-state index contributed by atoms with van der Waals surface area (Å²) in [4.78, 5) is 28.1. The molecular formula is C19H27N3O3. The van der Waals surface area contributed by atoms with E-state index in [1.165, 1.54) is 6.08 Å². The lowest BCUT2D eigenvalue weighted by atomic mass is 9.95. The van der Waals surface area contributed by atoms with Crippen LogP contribution in [0.3, 0.4) is 0 Å². The highest BCUT2D eigenvalue weighted by Gasteiger charge is 2.42. The van der Waals surface area contributed by atoms with Gasteiger partial charge < -0.3 is 15.4 Å². The summed E-state index contributed by atoms with van der Waals surface area (Å²) in [5.41, 5.74) is -0.127. The van der Waals surface area contributed by atoms with Gasteiger partial charge >= 0.3 is 6.09 Å². The normalized spacial score (nSPS) is 17.0. The van der Waals surface area contributed by atoms with Gasteiger partial charge in [0.2, 0.25) is 5.91 Å². The minimum Gasteiger partial charge on any atom is -0.444 e. The molecule has 25 heavy (non-hydrogen) atoms. The standard InChI is InChI=1S/C19H27N3O3/c1-18(2,3)25-17(24)21-13-19(4,15-6-7-15)22-16(23)8-5-14-9-11-20-12-10-14/h5,8-12,15H,6-7,13H2,1-4H3,(H,21,24)(H,22,23)/b8-5+/t19-/m1/s1. The molecule has 1 fully saturated rings. The highest BCUT2D eigenvalue weighted by atomic mass is 16.6. The summed E-state index contributed by atoms with van der Waals surface area (Å²) in [6.45, 7) is 7.75. The van der Waals surface area contributed by atoms with Crippen molar-refractivity contribution in [1.29, 1.82) is 0 Å². The molecule has 1 heterocycles. The topological polar surface area (TPSA) is 80.3 Å². The summed E-state index contributed by atoms with van der Waals surface area (Å²) < 4.78 is 5.26. The monoisotopic (exact) mass is 345 g/mol. The molecule has 0 aromatic carbocycles. The lowest BCUT2D eigenvalue weighted by molar-refractivity contribution is -0.118. The fourth-order valence-electron chi connectivity index (χ4n) is 2.55. The highest BCUT2D eigenvalue weighted by molar-refractivity contribution is 5.92. The van der Waals surface area contributed by atoms with Gasteiger partial charge in [0.05, 0.1) is 5.54 Å². The molecule has 2 N–H and O–H groups in total. The van der Waals surface area contributed by atoms with Crippen LogP contribution in [0.2, 0.25) is 0 Å². The minimum atomic E-state index is -0.545. The van der Waals surface area contributed by atoms with Crippen LogP contribution < -0.4 is 10.6 Å². The van der Waals surface area contributed by atoms with Crippen molar-refractivity contribution in [3.05, 3.63) is 36.2 Å². The Morgan fingerprint density at radius 2 is 1.88 bits per heavy atom. The van der Waals surface area contributed by atoms with Crippen molar-refractivity contribution in [2.45, 2.75) is 51.7 Å². The lowest BCUT2D eigenvalue weighted by Gasteiger charge is -2.31. The zero-order chi connectivity index (χ0) is 18.5. The van der Waals surface area contributed by atoms with Crippen molar-refractivity contribution in [2.24, 2.45) is 5.92 Å². The molecule has 2 rings (SSSR count). The van der Waals surface area contributed by atoms with Crippen LogP contribution in [0.25, 0.3) is 6.08 Å². The van der Waals surface area contributed by atoms with Gasteiger partial charge in [0, 0.05) is 25.0 Å². The van der Waals surface area contributed by atoms with Crippen molar-refractivity contribution < 1.29 is 14.3 Å². The Hall–Kier alpha value is -2.37. The molecule has 136 valence electrons. The van der Waals surface area contributed by atoms with E-state index in [4.69, 9.17) is 4.74 Å². The number of aromatic nitrogens is 1. The van der Waals surface area contributed by atoms with E-state index in [9.17, 15) is 9.59 Å². The van der Waals surface area contributed by atoms with E-state index in [1.807, 2.05) is 39.8 Å². The van der Waals surface area contributed by atoms with E-state index < -0.39 is 17.2 Å². The Balaban J connectivity index is 1.91. The maximum Gasteiger partial charge on any atom is 0.407 e. The number of alkyl carbamates (subject to hydrolysis) is 1. The molecule has 1 aromatic heterocycles. The Morgan fingerprint density at radius 3 is 2.44 bits per heavy atom. The summed E-state index contributed by atoms with van der Waals surface area (Å²) in [6, 6.07) is 3.65. The lowest BCUT2D eigenvalue weighted by Crippen LogP contribution is -2.55. The first-order valence-corrected chi connectivity index (χ1v) is 8.55. The van der Waals surface area contributed by atoms with Gasteiger partial charge in [-0.25, -0.2) is 4.79 Å². The number of rotatable bonds is 6. The number of hydrogen-bond acceptors (Lipinski definition) is 4. The maximum atomic E-state index is 12.3. The predicted octanol–water partition coefficient (Wildman–Crippen LogP) is 2.90. The number of amides is 2. The van der Waals surface area contributed by atoms with Gasteiger partial charge in [-0.15, -0.1) is 0 Å². The van der Waals surface area contributed by atoms with Crippen LogP contribution in [-0.2, 0) is 9.53 Å². The smallest absolute Gasteiger partial charge is 0.407 e. The molecule has 0 bridgehead atoms. The third-order valence-corrected chi connectivity index (χ3v) is 4.02. The molecule has 1 saturated carbocycles.